The van der Waals surface area contributed by atoms with Crippen LogP contribution in [0.1, 0.15) is 16.7 Å². The minimum atomic E-state index is -0.358. The van der Waals surface area contributed by atoms with E-state index in [-0.39, 0.29) is 5.82 Å². The number of nitrogens with zero attached hydrogens (tertiary/aromatic N) is 1. The van der Waals surface area contributed by atoms with Crippen LogP contribution in [-0.4, -0.2) is 0 Å². The average Bonchev–Trinajstić information content (AvgIpc) is 2.66. The number of halogens is 1. The highest BCUT2D eigenvalue weighted by Gasteiger charge is 2.03. The predicted molar refractivity (Wildman–Crippen MR) is 97.1 cm³/mol. The van der Waals surface area contributed by atoms with Gasteiger partial charge in [-0.15, -0.1) is 0 Å². The number of allylic oxidation sites excluding steroid dienone is 1. The molecule has 3 rings (SSSR count). The van der Waals surface area contributed by atoms with Crippen molar-refractivity contribution in [3.63, 3.8) is 0 Å². The highest BCUT2D eigenvalue weighted by atomic mass is 19.1. The standard InChI is InChI=1S/C22H16FNO/c23-21-8-4-7-19(14-21)20(15-24)13-17-9-11-22(12-10-17)25-16-18-5-2-1-3-6-18/h1-14H,16H2/b20-13-. The average molecular weight is 329 g/mol. The summed E-state index contributed by atoms with van der Waals surface area (Å²) in [5, 5.41) is 9.33. The largest absolute Gasteiger partial charge is 0.489 e. The fourth-order valence-electron chi connectivity index (χ4n) is 2.40. The van der Waals surface area contributed by atoms with Crippen LogP contribution < -0.4 is 4.74 Å². The SMILES string of the molecule is N#C/C(=C/c1ccc(OCc2ccccc2)cc1)c1cccc(F)c1. The van der Waals surface area contributed by atoms with E-state index in [0.29, 0.717) is 17.7 Å². The van der Waals surface area contributed by atoms with Crippen molar-refractivity contribution in [3.05, 3.63) is 101 Å². The van der Waals surface area contributed by atoms with Gasteiger partial charge in [-0.25, -0.2) is 4.39 Å². The third-order valence-corrected chi connectivity index (χ3v) is 3.70. The lowest BCUT2D eigenvalue weighted by molar-refractivity contribution is 0.306. The third kappa shape index (κ3) is 4.55. The summed E-state index contributed by atoms with van der Waals surface area (Å²) in [6.07, 6.45) is 1.73. The zero-order valence-corrected chi connectivity index (χ0v) is 13.5. The Bertz CT molecular complexity index is 909. The molecule has 0 amide bonds. The van der Waals surface area contributed by atoms with E-state index in [1.165, 1.54) is 12.1 Å². The van der Waals surface area contributed by atoms with E-state index < -0.39 is 0 Å². The number of rotatable bonds is 5. The molecule has 0 atom stereocenters. The lowest BCUT2D eigenvalue weighted by Crippen LogP contribution is -1.94. The zero-order valence-electron chi connectivity index (χ0n) is 13.5. The van der Waals surface area contributed by atoms with Gasteiger partial charge in [-0.1, -0.05) is 54.6 Å². The summed E-state index contributed by atoms with van der Waals surface area (Å²) in [5.74, 6) is 0.397. The molecule has 2 nitrogen and oxygen atoms in total. The molecule has 0 aliphatic rings. The van der Waals surface area contributed by atoms with Crippen LogP contribution in [0.25, 0.3) is 11.6 Å². The Hall–Kier alpha value is -3.38. The van der Waals surface area contributed by atoms with Gasteiger partial charge in [0, 0.05) is 0 Å². The van der Waals surface area contributed by atoms with Gasteiger partial charge < -0.3 is 4.74 Å². The van der Waals surface area contributed by atoms with Gasteiger partial charge in [0.2, 0.25) is 0 Å². The molecule has 3 heteroatoms. The molecule has 0 unspecified atom stereocenters. The quantitative estimate of drug-likeness (QED) is 0.459. The first-order valence-electron chi connectivity index (χ1n) is 7.89. The Morgan fingerprint density at radius 1 is 0.960 bits per heavy atom. The molecular formula is C22H16FNO. The minimum Gasteiger partial charge on any atom is -0.489 e. The number of ether oxygens (including phenoxy) is 1. The van der Waals surface area contributed by atoms with Gasteiger partial charge in [0.05, 0.1) is 11.6 Å². The van der Waals surface area contributed by atoms with Gasteiger partial charge in [-0.2, -0.15) is 5.26 Å². The second-order valence-corrected chi connectivity index (χ2v) is 5.52. The van der Waals surface area contributed by atoms with E-state index in [1.807, 2.05) is 54.6 Å². The van der Waals surface area contributed by atoms with Crippen molar-refractivity contribution in [2.24, 2.45) is 0 Å². The smallest absolute Gasteiger partial charge is 0.123 e. The molecule has 0 radical (unpaired) electrons. The first-order chi connectivity index (χ1) is 12.2. The molecule has 0 N–H and O–H groups in total. The van der Waals surface area contributed by atoms with Crippen molar-refractivity contribution in [2.75, 3.05) is 0 Å². The highest BCUT2D eigenvalue weighted by molar-refractivity contribution is 5.89. The summed E-state index contributed by atoms with van der Waals surface area (Å²) < 4.78 is 19.1. The first kappa shape index (κ1) is 16.5. The van der Waals surface area contributed by atoms with Crippen molar-refractivity contribution in [1.29, 1.82) is 5.26 Å². The van der Waals surface area contributed by atoms with Crippen LogP contribution in [0, 0.1) is 17.1 Å². The van der Waals surface area contributed by atoms with Crippen LogP contribution in [0.3, 0.4) is 0 Å². The lowest BCUT2D eigenvalue weighted by Gasteiger charge is -2.06. The van der Waals surface area contributed by atoms with Crippen LogP contribution in [-0.2, 0) is 6.61 Å². The molecule has 0 fully saturated rings. The van der Waals surface area contributed by atoms with Crippen molar-refractivity contribution >= 4 is 11.6 Å². The Morgan fingerprint density at radius 3 is 2.40 bits per heavy atom. The lowest BCUT2D eigenvalue weighted by atomic mass is 10.0. The molecule has 0 saturated carbocycles. The maximum Gasteiger partial charge on any atom is 0.123 e. The molecule has 0 bridgehead atoms. The molecular weight excluding hydrogens is 313 g/mol. The summed E-state index contributed by atoms with van der Waals surface area (Å²) in [6.45, 7) is 0.503. The first-order valence-corrected chi connectivity index (χ1v) is 7.89. The Labute approximate surface area is 146 Å². The molecule has 0 aliphatic carbocycles. The third-order valence-electron chi connectivity index (χ3n) is 3.70. The Kier molecular flexibility index (Phi) is 5.23. The molecule has 122 valence electrons. The van der Waals surface area contributed by atoms with Crippen molar-refractivity contribution in [3.8, 4) is 11.8 Å². The van der Waals surface area contributed by atoms with E-state index in [4.69, 9.17) is 4.74 Å². The summed E-state index contributed by atoms with van der Waals surface area (Å²) in [6, 6.07) is 25.5. The van der Waals surface area contributed by atoms with Gasteiger partial charge in [-0.3, -0.25) is 0 Å². The van der Waals surface area contributed by atoms with E-state index >= 15 is 0 Å². The summed E-state index contributed by atoms with van der Waals surface area (Å²) >= 11 is 0. The Balaban J connectivity index is 1.72. The van der Waals surface area contributed by atoms with Gasteiger partial charge in [0.15, 0.2) is 0 Å². The summed E-state index contributed by atoms with van der Waals surface area (Å²) in [4.78, 5) is 0. The molecule has 0 spiro atoms. The molecule has 0 aliphatic heterocycles. The van der Waals surface area contributed by atoms with Gasteiger partial charge in [0.1, 0.15) is 18.2 Å². The van der Waals surface area contributed by atoms with E-state index in [0.717, 1.165) is 16.9 Å². The topological polar surface area (TPSA) is 33.0 Å². The monoisotopic (exact) mass is 329 g/mol. The second kappa shape index (κ2) is 7.94. The maximum atomic E-state index is 13.3. The number of benzene rings is 3. The Morgan fingerprint density at radius 2 is 1.72 bits per heavy atom. The number of hydrogen-bond acceptors (Lipinski definition) is 2. The summed E-state index contributed by atoms with van der Waals surface area (Å²) in [5.41, 5.74) is 2.93. The second-order valence-electron chi connectivity index (χ2n) is 5.52. The van der Waals surface area contributed by atoms with Gasteiger partial charge in [0.25, 0.3) is 0 Å². The zero-order chi connectivity index (χ0) is 17.5. The normalized spacial score (nSPS) is 11.0. The molecule has 0 heterocycles. The maximum absolute atomic E-state index is 13.3. The minimum absolute atomic E-state index is 0.358. The van der Waals surface area contributed by atoms with Crippen LogP contribution >= 0.6 is 0 Å². The van der Waals surface area contributed by atoms with Crippen LogP contribution in [0.15, 0.2) is 78.9 Å². The van der Waals surface area contributed by atoms with Crippen LogP contribution in [0.4, 0.5) is 4.39 Å². The van der Waals surface area contributed by atoms with Gasteiger partial charge >= 0.3 is 0 Å². The highest BCUT2D eigenvalue weighted by Crippen LogP contribution is 2.21. The fourth-order valence-corrected chi connectivity index (χ4v) is 2.40. The van der Waals surface area contributed by atoms with Crippen LogP contribution in [0.5, 0.6) is 5.75 Å². The number of hydrogen-bond donors (Lipinski definition) is 0. The molecule has 3 aromatic rings. The van der Waals surface area contributed by atoms with Crippen molar-refractivity contribution in [1.82, 2.24) is 0 Å². The van der Waals surface area contributed by atoms with Crippen molar-refractivity contribution in [2.45, 2.75) is 6.61 Å². The van der Waals surface area contributed by atoms with E-state index in [9.17, 15) is 9.65 Å². The van der Waals surface area contributed by atoms with Gasteiger partial charge in [-0.05, 0) is 47.0 Å². The van der Waals surface area contributed by atoms with Crippen LogP contribution in [0.2, 0.25) is 0 Å². The van der Waals surface area contributed by atoms with Crippen molar-refractivity contribution < 1.29 is 9.13 Å². The van der Waals surface area contributed by atoms with E-state index in [2.05, 4.69) is 6.07 Å². The molecule has 25 heavy (non-hydrogen) atoms. The number of nitriles is 1. The molecule has 0 aromatic heterocycles. The predicted octanol–water partition coefficient (Wildman–Crippen LogP) is 5.47. The van der Waals surface area contributed by atoms with E-state index in [1.54, 1.807) is 18.2 Å². The summed E-state index contributed by atoms with van der Waals surface area (Å²) in [7, 11) is 0. The fraction of sp³-hybridized carbons (Fsp3) is 0.0455. The molecule has 3 aromatic carbocycles. The molecule has 0 saturated heterocycles.